The van der Waals surface area contributed by atoms with Gasteiger partial charge in [-0.2, -0.15) is 0 Å². The molecule has 0 amide bonds. The summed E-state index contributed by atoms with van der Waals surface area (Å²) in [4.78, 5) is 48.2. The SMILES string of the molecule is C=CC(=O)OCCCCOC(=O)Oc1ccc2c(c1)C(C)c1cc(C(=O)Sc3ccc(OCCCOC(=O)C=C)cc3)ccc1-2. The summed E-state index contributed by atoms with van der Waals surface area (Å²) in [5.74, 6) is 0.0685. The van der Waals surface area contributed by atoms with Gasteiger partial charge in [0.25, 0.3) is 0 Å². The molecule has 0 aliphatic heterocycles. The Bertz CT molecular complexity index is 1560. The molecule has 1 atom stereocenters. The van der Waals surface area contributed by atoms with Crippen LogP contribution in [0.1, 0.15) is 53.6 Å². The van der Waals surface area contributed by atoms with Gasteiger partial charge in [-0.15, -0.1) is 0 Å². The van der Waals surface area contributed by atoms with E-state index < -0.39 is 18.1 Å². The second kappa shape index (κ2) is 16.3. The van der Waals surface area contributed by atoms with Crippen molar-refractivity contribution in [1.82, 2.24) is 0 Å². The van der Waals surface area contributed by atoms with Crippen molar-refractivity contribution >= 4 is 35.0 Å². The predicted molar refractivity (Wildman–Crippen MR) is 170 cm³/mol. The van der Waals surface area contributed by atoms with Gasteiger partial charge in [0.1, 0.15) is 11.5 Å². The molecule has 0 N–H and O–H groups in total. The maximum Gasteiger partial charge on any atom is 0.513 e. The second-order valence-corrected chi connectivity index (χ2v) is 11.0. The number of carbonyl (C=O) groups excluding carboxylic acids is 4. The molecule has 3 aromatic rings. The average molecular weight is 631 g/mol. The maximum absolute atomic E-state index is 13.2. The molecule has 0 aromatic heterocycles. The molecule has 1 unspecified atom stereocenters. The first kappa shape index (κ1) is 33.1. The zero-order valence-corrected chi connectivity index (χ0v) is 25.8. The number of thioether (sulfide) groups is 1. The minimum Gasteiger partial charge on any atom is -0.493 e. The summed E-state index contributed by atoms with van der Waals surface area (Å²) >= 11 is 1.14. The highest BCUT2D eigenvalue weighted by atomic mass is 32.2. The van der Waals surface area contributed by atoms with Crippen LogP contribution in [0.4, 0.5) is 4.79 Å². The van der Waals surface area contributed by atoms with E-state index >= 15 is 0 Å². The minimum absolute atomic E-state index is 0.0117. The second-order valence-electron chi connectivity index (χ2n) is 9.99. The van der Waals surface area contributed by atoms with Gasteiger partial charge in [0.2, 0.25) is 5.12 Å². The van der Waals surface area contributed by atoms with Gasteiger partial charge in [-0.1, -0.05) is 32.2 Å². The van der Waals surface area contributed by atoms with Crippen LogP contribution in [0.25, 0.3) is 11.1 Å². The summed E-state index contributed by atoms with van der Waals surface area (Å²) in [6, 6.07) is 18.4. The van der Waals surface area contributed by atoms with E-state index in [1.165, 1.54) is 0 Å². The van der Waals surface area contributed by atoms with Crippen molar-refractivity contribution < 1.29 is 42.9 Å². The van der Waals surface area contributed by atoms with E-state index in [9.17, 15) is 19.2 Å². The molecule has 9 nitrogen and oxygen atoms in total. The molecule has 0 spiro atoms. The fourth-order valence-electron chi connectivity index (χ4n) is 4.64. The fourth-order valence-corrected chi connectivity index (χ4v) is 5.37. The number of ether oxygens (including phenoxy) is 5. The highest BCUT2D eigenvalue weighted by molar-refractivity contribution is 8.14. The fraction of sp³-hybridized carbons (Fsp3) is 0.257. The van der Waals surface area contributed by atoms with Crippen LogP contribution in [0.5, 0.6) is 11.5 Å². The maximum atomic E-state index is 13.2. The van der Waals surface area contributed by atoms with Gasteiger partial charge in [0.05, 0.1) is 26.4 Å². The van der Waals surface area contributed by atoms with Crippen molar-refractivity contribution in [1.29, 1.82) is 0 Å². The number of esters is 2. The van der Waals surface area contributed by atoms with Gasteiger partial charge in [0.15, 0.2) is 0 Å². The molecule has 234 valence electrons. The van der Waals surface area contributed by atoms with Gasteiger partial charge >= 0.3 is 18.1 Å². The molecular formula is C35H34O9S. The topological polar surface area (TPSA) is 114 Å². The number of fused-ring (bicyclic) bond motifs is 3. The molecule has 0 fully saturated rings. The van der Waals surface area contributed by atoms with Crippen molar-refractivity contribution in [3.05, 3.63) is 103 Å². The Balaban J connectivity index is 1.27. The number of hydrogen-bond donors (Lipinski definition) is 0. The van der Waals surface area contributed by atoms with E-state index in [-0.39, 0.29) is 30.9 Å². The predicted octanol–water partition coefficient (Wildman–Crippen LogP) is 7.27. The molecule has 0 bridgehead atoms. The van der Waals surface area contributed by atoms with Crippen LogP contribution in [0.15, 0.2) is 90.9 Å². The van der Waals surface area contributed by atoms with E-state index in [0.717, 1.165) is 51.1 Å². The van der Waals surface area contributed by atoms with Crippen LogP contribution in [0, 0.1) is 0 Å². The molecule has 10 heteroatoms. The van der Waals surface area contributed by atoms with Gasteiger partial charge in [0, 0.05) is 34.9 Å². The Morgan fingerprint density at radius 2 is 1.29 bits per heavy atom. The lowest BCUT2D eigenvalue weighted by molar-refractivity contribution is -0.138. The van der Waals surface area contributed by atoms with Gasteiger partial charge in [-0.25, -0.2) is 14.4 Å². The summed E-state index contributed by atoms with van der Waals surface area (Å²) in [5.41, 5.74) is 4.66. The standard InChI is InChI=1S/C35H34O9S/c1-4-32(36)41-17-6-7-18-43-35(39)44-26-12-16-29-28-15-9-24(21-30(28)23(3)31(29)22-26)34(38)45-27-13-10-25(11-14-27)40-19-8-20-42-33(37)5-2/h4-5,9-16,21-23H,1-2,6-8,17-20H2,3H3. The van der Waals surface area contributed by atoms with Crippen molar-refractivity contribution in [3.8, 4) is 22.6 Å². The van der Waals surface area contributed by atoms with Crippen LogP contribution in [-0.2, 0) is 23.8 Å². The van der Waals surface area contributed by atoms with Crippen LogP contribution in [-0.4, -0.2) is 49.6 Å². The molecule has 0 heterocycles. The van der Waals surface area contributed by atoms with Gasteiger partial charge in [-0.3, -0.25) is 4.79 Å². The Hall–Kier alpha value is -4.83. The largest absolute Gasteiger partial charge is 0.513 e. The third kappa shape index (κ3) is 9.33. The quantitative estimate of drug-likeness (QED) is 0.0424. The Morgan fingerprint density at radius 3 is 1.96 bits per heavy atom. The van der Waals surface area contributed by atoms with Gasteiger partial charge in [-0.05, 0) is 95.4 Å². The molecular weight excluding hydrogens is 596 g/mol. The van der Waals surface area contributed by atoms with E-state index in [0.29, 0.717) is 42.9 Å². The first-order valence-corrected chi connectivity index (χ1v) is 15.3. The highest BCUT2D eigenvalue weighted by Gasteiger charge is 2.27. The Kier molecular flexibility index (Phi) is 12.0. The monoisotopic (exact) mass is 630 g/mol. The average Bonchev–Trinajstić information content (AvgIpc) is 3.33. The molecule has 1 aliphatic rings. The Morgan fingerprint density at radius 1 is 0.711 bits per heavy atom. The van der Waals surface area contributed by atoms with Gasteiger partial charge < -0.3 is 23.7 Å². The molecule has 0 radical (unpaired) electrons. The van der Waals surface area contributed by atoms with Crippen LogP contribution in [0.3, 0.4) is 0 Å². The van der Waals surface area contributed by atoms with Crippen LogP contribution >= 0.6 is 11.8 Å². The third-order valence-corrected chi connectivity index (χ3v) is 7.84. The number of rotatable bonds is 15. The molecule has 0 saturated carbocycles. The zero-order valence-electron chi connectivity index (χ0n) is 25.0. The van der Waals surface area contributed by atoms with E-state index in [1.54, 1.807) is 18.2 Å². The first-order chi connectivity index (χ1) is 21.8. The summed E-state index contributed by atoms with van der Waals surface area (Å²) in [6.07, 6.45) is 3.03. The summed E-state index contributed by atoms with van der Waals surface area (Å²) in [7, 11) is 0. The number of benzene rings is 3. The highest BCUT2D eigenvalue weighted by Crippen LogP contribution is 2.46. The number of hydrogen-bond acceptors (Lipinski definition) is 10. The molecule has 0 saturated heterocycles. The lowest BCUT2D eigenvalue weighted by Crippen LogP contribution is -2.12. The van der Waals surface area contributed by atoms with Crippen molar-refractivity contribution in [2.45, 2.75) is 37.0 Å². The number of carbonyl (C=O) groups is 4. The van der Waals surface area contributed by atoms with Crippen molar-refractivity contribution in [3.63, 3.8) is 0 Å². The lowest BCUT2D eigenvalue weighted by Gasteiger charge is -2.10. The summed E-state index contributed by atoms with van der Waals surface area (Å²) in [5, 5.41) is -0.0794. The molecule has 1 aliphatic carbocycles. The molecule has 4 rings (SSSR count). The van der Waals surface area contributed by atoms with Crippen LogP contribution < -0.4 is 9.47 Å². The number of unbranched alkanes of at least 4 members (excludes halogenated alkanes) is 1. The van der Waals surface area contributed by atoms with Crippen LogP contribution in [0.2, 0.25) is 0 Å². The first-order valence-electron chi connectivity index (χ1n) is 14.5. The smallest absolute Gasteiger partial charge is 0.493 e. The Labute approximate surface area is 266 Å². The lowest BCUT2D eigenvalue weighted by atomic mass is 9.98. The van der Waals surface area contributed by atoms with E-state index in [2.05, 4.69) is 20.1 Å². The van der Waals surface area contributed by atoms with E-state index in [4.69, 9.17) is 23.7 Å². The summed E-state index contributed by atoms with van der Waals surface area (Å²) in [6.45, 7) is 9.74. The normalized spacial score (nSPS) is 12.7. The van der Waals surface area contributed by atoms with Crippen molar-refractivity contribution in [2.75, 3.05) is 26.4 Å². The zero-order chi connectivity index (χ0) is 32.2. The van der Waals surface area contributed by atoms with Crippen molar-refractivity contribution in [2.24, 2.45) is 0 Å². The third-order valence-electron chi connectivity index (χ3n) is 6.91. The summed E-state index contributed by atoms with van der Waals surface area (Å²) < 4.78 is 26.0. The molecule has 45 heavy (non-hydrogen) atoms. The van der Waals surface area contributed by atoms with E-state index in [1.807, 2.05) is 42.5 Å². The molecule has 3 aromatic carbocycles. The minimum atomic E-state index is -0.808.